The maximum atomic E-state index is 4.57. The zero-order chi connectivity index (χ0) is 40.3. The average molecular weight is 931 g/mol. The van der Waals surface area contributed by atoms with Crippen LogP contribution in [-0.2, 0) is 17.3 Å². The summed E-state index contributed by atoms with van der Waals surface area (Å²) >= 11 is 1.82. The molecule has 294 valence electrons. The Morgan fingerprint density at radius 1 is 0.373 bits per heavy atom. The summed E-state index contributed by atoms with van der Waals surface area (Å²) in [5.41, 5.74) is 5.51. The first kappa shape index (κ1) is 44.1. The van der Waals surface area contributed by atoms with Crippen LogP contribution in [0.4, 0.5) is 0 Å². The second-order valence-corrected chi connectivity index (χ2v) is 19.6. The molecule has 0 radical (unpaired) electrons. The van der Waals surface area contributed by atoms with Gasteiger partial charge in [-0.3, -0.25) is 0 Å². The first-order chi connectivity index (χ1) is 28.6. The first-order valence-corrected chi connectivity index (χ1v) is 25.0. The minimum Gasteiger partial charge on any atom is -0.0620 e. The fraction of sp³-hybridized carbons (Fsp3) is 0.0741. The van der Waals surface area contributed by atoms with Crippen molar-refractivity contribution < 1.29 is 29.7 Å². The van der Waals surface area contributed by atoms with Crippen LogP contribution in [0.5, 0.6) is 0 Å². The van der Waals surface area contributed by atoms with Crippen LogP contribution in [0.3, 0.4) is 0 Å². The molecule has 0 aromatic heterocycles. The summed E-state index contributed by atoms with van der Waals surface area (Å²) in [4.78, 5) is 0. The number of aryl methyl sites for hydroxylation is 1. The zero-order valence-corrected chi connectivity index (χ0v) is 38.7. The Bertz CT molecular complexity index is 2430. The van der Waals surface area contributed by atoms with E-state index in [4.69, 9.17) is 0 Å². The van der Waals surface area contributed by atoms with E-state index in [2.05, 4.69) is 249 Å². The summed E-state index contributed by atoms with van der Waals surface area (Å²) in [5.74, 6) is 0.653. The van der Waals surface area contributed by atoms with Gasteiger partial charge in [0.05, 0.1) is 15.8 Å². The van der Waals surface area contributed by atoms with Crippen LogP contribution in [0.15, 0.2) is 218 Å². The van der Waals surface area contributed by atoms with E-state index < -0.39 is 15.8 Å². The molecule has 0 atom stereocenters. The van der Waals surface area contributed by atoms with Crippen LogP contribution in [0.1, 0.15) is 30.9 Å². The topological polar surface area (TPSA) is 0 Å². The number of hydrogen-bond acceptors (Lipinski definition) is 0. The van der Waals surface area contributed by atoms with Gasteiger partial charge in [-0.15, -0.1) is 0 Å². The summed E-state index contributed by atoms with van der Waals surface area (Å²) in [6.07, 6.45) is 0. The van der Waals surface area contributed by atoms with Crippen molar-refractivity contribution in [2.75, 3.05) is 0 Å². The van der Waals surface area contributed by atoms with Crippen molar-refractivity contribution in [1.82, 2.24) is 0 Å². The summed E-state index contributed by atoms with van der Waals surface area (Å²) in [6, 6.07) is 80.9. The van der Waals surface area contributed by atoms with Gasteiger partial charge in [0.2, 0.25) is 0 Å². The number of fused-ring (bicyclic) bond motifs is 2. The monoisotopic (exact) mass is 930 g/mol. The maximum Gasteiger partial charge on any atom is 0.111 e. The summed E-state index contributed by atoms with van der Waals surface area (Å²) in [5, 5.41) is 13.6. The molecule has 0 aliphatic carbocycles. The molecule has 0 heterocycles. The van der Waals surface area contributed by atoms with Gasteiger partial charge < -0.3 is 12.4 Å². The fourth-order valence-electron chi connectivity index (χ4n) is 7.82. The Hall–Kier alpha value is -4.44. The van der Waals surface area contributed by atoms with Crippen LogP contribution in [0.25, 0.3) is 32.7 Å². The van der Waals surface area contributed by atoms with Gasteiger partial charge in [-0.05, 0) is 101 Å². The smallest absolute Gasteiger partial charge is 0.0620 e. The number of rotatable bonds is 8. The molecule has 0 unspecified atom stereocenters. The molecule has 9 aromatic carbocycles. The van der Waals surface area contributed by atoms with E-state index in [1.165, 1.54) is 75.6 Å². The molecule has 0 nitrogen and oxygen atoms in total. The van der Waals surface area contributed by atoms with E-state index in [9.17, 15) is 0 Å². The molecule has 0 N–H and O–H groups in total. The summed E-state index contributed by atoms with van der Waals surface area (Å²) in [7, 11) is 1.83. The maximum absolute atomic E-state index is 4.57. The third-order valence-electron chi connectivity index (χ3n) is 10.6. The molecule has 0 fully saturated rings. The predicted molar refractivity (Wildman–Crippen MR) is 258 cm³/mol. The van der Waals surface area contributed by atoms with Crippen molar-refractivity contribution in [1.29, 1.82) is 0 Å². The molecule has 0 aliphatic rings. The van der Waals surface area contributed by atoms with Crippen molar-refractivity contribution in [2.45, 2.75) is 26.7 Å². The van der Waals surface area contributed by atoms with E-state index in [-0.39, 0.29) is 12.4 Å². The van der Waals surface area contributed by atoms with Gasteiger partial charge >= 0.3 is 27.0 Å². The van der Waals surface area contributed by atoms with Gasteiger partial charge in [0.1, 0.15) is 31.8 Å². The van der Waals surface area contributed by atoms with Gasteiger partial charge in [0.25, 0.3) is 0 Å². The molecule has 9 rings (SSSR count). The van der Waals surface area contributed by atoms with Crippen LogP contribution >= 0.6 is 25.5 Å². The molecule has 0 saturated heterocycles. The standard InChI is InChI=1S/C44H32P2.C10H14.2ClH.Ru/c1-5-19-35(20-6-1)45(36-21-7-2-8-22-36)41-31-29-33-17-13-15-27-39(33)43(41)44-40-28-16-14-18-34(40)30-32-42(44)46(37-23-9-3-10-24-37)38-25-11-4-12-26-38;1-8(2)10-6-4-9(3)5-7-10;;;/h1-32H;4-8H,1-3H3;2*1H;/q;;;;+2. The fourth-order valence-corrected chi connectivity index (χ4v) is 13.4. The van der Waals surface area contributed by atoms with E-state index in [1.807, 2.05) is 17.3 Å². The van der Waals surface area contributed by atoms with Gasteiger partial charge in [-0.2, -0.15) is 0 Å². The third-order valence-corrected chi connectivity index (χ3v) is 16.2. The molecule has 9 aromatic rings. The third kappa shape index (κ3) is 10.3. The largest absolute Gasteiger partial charge is 0.111 e. The molecule has 0 saturated carbocycles. The van der Waals surface area contributed by atoms with Crippen molar-refractivity contribution in [2.24, 2.45) is 0 Å². The Balaban J connectivity index is 0.000000393. The molecular formula is C54H48Cl2P2Ru+2. The van der Waals surface area contributed by atoms with Gasteiger partial charge in [0.15, 0.2) is 0 Å². The molecular weight excluding hydrogens is 883 g/mol. The van der Waals surface area contributed by atoms with Crippen LogP contribution < -0.4 is 44.2 Å². The average Bonchev–Trinajstić information content (AvgIpc) is 3.29. The second-order valence-electron chi connectivity index (χ2n) is 14.7. The summed E-state index contributed by atoms with van der Waals surface area (Å²) < 4.78 is 0. The minimum absolute atomic E-state index is 0. The van der Waals surface area contributed by atoms with Crippen LogP contribution in [0.2, 0.25) is 0 Å². The Labute approximate surface area is 373 Å². The van der Waals surface area contributed by atoms with Gasteiger partial charge in [-0.25, -0.2) is 0 Å². The normalized spacial score (nSPS) is 10.8. The zero-order valence-electron chi connectivity index (χ0n) is 33.5. The second kappa shape index (κ2) is 21.7. The molecule has 59 heavy (non-hydrogen) atoms. The Kier molecular flexibility index (Phi) is 16.2. The number of benzene rings is 9. The molecule has 0 spiro atoms. The Morgan fingerprint density at radius 2 is 0.678 bits per heavy atom. The molecule has 5 heteroatoms. The van der Waals surface area contributed by atoms with Crippen molar-refractivity contribution in [3.05, 3.63) is 230 Å². The van der Waals surface area contributed by atoms with Crippen molar-refractivity contribution in [3.63, 3.8) is 0 Å². The van der Waals surface area contributed by atoms with E-state index in [0.717, 1.165) is 0 Å². The quantitative estimate of drug-likeness (QED) is 0.105. The van der Waals surface area contributed by atoms with Crippen LogP contribution in [-0.4, -0.2) is 0 Å². The Morgan fingerprint density at radius 3 is 1.00 bits per heavy atom. The van der Waals surface area contributed by atoms with E-state index in [1.54, 1.807) is 0 Å². The molecule has 0 bridgehead atoms. The molecule has 0 amide bonds. The SMILES string of the molecule is Cc1ccc(C(C)C)cc1.[Cl-].[Cl][Ru+].c1ccc([PH+](c2ccccc2)c2ccc3ccccc3c2-c2c([PH+](c3ccccc3)c3ccccc3)ccc3ccccc23)cc1. The van der Waals surface area contributed by atoms with Crippen molar-refractivity contribution >= 4 is 78.9 Å². The first-order valence-electron chi connectivity index (χ1n) is 19.8. The van der Waals surface area contributed by atoms with E-state index in [0.29, 0.717) is 5.92 Å². The number of hydrogen-bond donors (Lipinski definition) is 0. The van der Waals surface area contributed by atoms with Crippen LogP contribution in [0, 0.1) is 6.92 Å². The summed E-state index contributed by atoms with van der Waals surface area (Å²) in [6.45, 7) is 6.54. The van der Waals surface area contributed by atoms with E-state index >= 15 is 0 Å². The van der Waals surface area contributed by atoms with Crippen molar-refractivity contribution in [3.8, 4) is 11.1 Å². The van der Waals surface area contributed by atoms with Gasteiger partial charge in [-0.1, -0.05) is 177 Å². The molecule has 0 aliphatic heterocycles. The predicted octanol–water partition coefficient (Wildman–Crippen LogP) is 9.45. The minimum atomic E-state index is -1.37. The van der Waals surface area contributed by atoms with Gasteiger partial charge in [0, 0.05) is 11.1 Å². The number of halogens is 2.